The van der Waals surface area contributed by atoms with Crippen molar-refractivity contribution in [1.29, 1.82) is 0 Å². The van der Waals surface area contributed by atoms with E-state index in [0.717, 1.165) is 17.1 Å². The Morgan fingerprint density at radius 1 is 1.16 bits per heavy atom. The topological polar surface area (TPSA) is 63.9 Å². The molecule has 128 valence electrons. The molecule has 0 aliphatic heterocycles. The summed E-state index contributed by atoms with van der Waals surface area (Å²) in [6, 6.07) is 7.54. The Labute approximate surface area is 147 Å². The summed E-state index contributed by atoms with van der Waals surface area (Å²) in [5, 5.41) is 0. The van der Waals surface area contributed by atoms with Crippen LogP contribution in [0.4, 0.5) is 0 Å². The van der Waals surface area contributed by atoms with Crippen LogP contribution in [0.1, 0.15) is 41.6 Å². The summed E-state index contributed by atoms with van der Waals surface area (Å²) in [6.45, 7) is 4.54. The summed E-state index contributed by atoms with van der Waals surface area (Å²) in [5.41, 5.74) is 2.21. The van der Waals surface area contributed by atoms with E-state index in [1.807, 2.05) is 49.0 Å². The quantitative estimate of drug-likeness (QED) is 0.719. The van der Waals surface area contributed by atoms with Crippen molar-refractivity contribution in [3.8, 4) is 5.69 Å². The van der Waals surface area contributed by atoms with Crippen LogP contribution in [0.15, 0.2) is 55.2 Å². The van der Waals surface area contributed by atoms with Gasteiger partial charge in [0.2, 0.25) is 0 Å². The largest absolute Gasteiger partial charge is 0.336 e. The maximum atomic E-state index is 12.7. The van der Waals surface area contributed by atoms with Gasteiger partial charge in [-0.25, -0.2) is 9.97 Å². The maximum absolute atomic E-state index is 12.7. The fourth-order valence-corrected chi connectivity index (χ4v) is 2.49. The van der Waals surface area contributed by atoms with Crippen molar-refractivity contribution in [2.24, 2.45) is 0 Å². The zero-order chi connectivity index (χ0) is 17.8. The Morgan fingerprint density at radius 3 is 2.48 bits per heavy atom. The SMILES string of the molecule is CC(C)c1ncc(CN(C)C(=O)c2cc(-n3cccc3)ccn2)cn1. The van der Waals surface area contributed by atoms with Crippen LogP contribution < -0.4 is 0 Å². The molecule has 0 fully saturated rings. The first-order valence-electron chi connectivity index (χ1n) is 8.20. The van der Waals surface area contributed by atoms with Crippen LogP contribution in [-0.4, -0.2) is 37.4 Å². The van der Waals surface area contributed by atoms with Crippen molar-refractivity contribution in [2.45, 2.75) is 26.3 Å². The second kappa shape index (κ2) is 7.25. The number of hydrogen-bond acceptors (Lipinski definition) is 4. The fourth-order valence-electron chi connectivity index (χ4n) is 2.49. The molecule has 0 saturated heterocycles. The van der Waals surface area contributed by atoms with E-state index in [-0.39, 0.29) is 11.8 Å². The lowest BCUT2D eigenvalue weighted by Gasteiger charge is -2.17. The van der Waals surface area contributed by atoms with E-state index in [1.165, 1.54) is 0 Å². The number of hydrogen-bond donors (Lipinski definition) is 0. The Bertz CT molecular complexity index is 841. The summed E-state index contributed by atoms with van der Waals surface area (Å²) in [4.78, 5) is 27.2. The molecule has 0 saturated carbocycles. The number of amides is 1. The molecule has 1 amide bonds. The second-order valence-electron chi connectivity index (χ2n) is 6.26. The molecule has 0 bridgehead atoms. The molecule has 0 aliphatic carbocycles. The minimum Gasteiger partial charge on any atom is -0.336 e. The predicted octanol–water partition coefficient (Wildman–Crippen LogP) is 3.06. The van der Waals surface area contributed by atoms with Crippen LogP contribution in [0.25, 0.3) is 5.69 Å². The summed E-state index contributed by atoms with van der Waals surface area (Å²) in [5.74, 6) is 0.954. The second-order valence-corrected chi connectivity index (χ2v) is 6.26. The molecule has 0 atom stereocenters. The highest BCUT2D eigenvalue weighted by Crippen LogP contribution is 2.12. The Balaban J connectivity index is 1.73. The van der Waals surface area contributed by atoms with Crippen molar-refractivity contribution in [2.75, 3.05) is 7.05 Å². The van der Waals surface area contributed by atoms with Gasteiger partial charge >= 0.3 is 0 Å². The molecule has 3 heterocycles. The van der Waals surface area contributed by atoms with E-state index in [4.69, 9.17) is 0 Å². The lowest BCUT2D eigenvalue weighted by Crippen LogP contribution is -2.27. The summed E-state index contributed by atoms with van der Waals surface area (Å²) < 4.78 is 1.94. The maximum Gasteiger partial charge on any atom is 0.272 e. The van der Waals surface area contributed by atoms with Crippen LogP contribution in [0.3, 0.4) is 0 Å². The van der Waals surface area contributed by atoms with Crippen molar-refractivity contribution in [3.63, 3.8) is 0 Å². The third kappa shape index (κ3) is 3.91. The van der Waals surface area contributed by atoms with E-state index in [2.05, 4.69) is 15.0 Å². The Kier molecular flexibility index (Phi) is 4.88. The van der Waals surface area contributed by atoms with Gasteiger partial charge in [-0.2, -0.15) is 0 Å². The molecule has 3 aromatic heterocycles. The summed E-state index contributed by atoms with van der Waals surface area (Å²) >= 11 is 0. The molecule has 0 aliphatic rings. The van der Waals surface area contributed by atoms with Crippen LogP contribution in [0.2, 0.25) is 0 Å². The van der Waals surface area contributed by atoms with E-state index in [9.17, 15) is 4.79 Å². The first kappa shape index (κ1) is 16.8. The number of pyridine rings is 1. The Hall–Kier alpha value is -3.02. The molecule has 25 heavy (non-hydrogen) atoms. The van der Waals surface area contributed by atoms with Crippen molar-refractivity contribution in [1.82, 2.24) is 24.4 Å². The lowest BCUT2D eigenvalue weighted by molar-refractivity contribution is 0.0779. The molecular weight excluding hydrogens is 314 g/mol. The van der Waals surface area contributed by atoms with Gasteiger partial charge < -0.3 is 9.47 Å². The summed E-state index contributed by atoms with van der Waals surface area (Å²) in [7, 11) is 1.75. The van der Waals surface area contributed by atoms with Gasteiger partial charge in [-0.15, -0.1) is 0 Å². The first-order valence-corrected chi connectivity index (χ1v) is 8.20. The van der Waals surface area contributed by atoms with Gasteiger partial charge in [0.15, 0.2) is 0 Å². The molecule has 3 rings (SSSR count). The molecule has 0 aromatic carbocycles. The third-order valence-electron chi connectivity index (χ3n) is 3.87. The minimum absolute atomic E-state index is 0.137. The fraction of sp³-hybridized carbons (Fsp3) is 0.263. The van der Waals surface area contributed by atoms with Crippen LogP contribution in [-0.2, 0) is 6.54 Å². The zero-order valence-corrected chi connectivity index (χ0v) is 14.6. The zero-order valence-electron chi connectivity index (χ0n) is 14.6. The van der Waals surface area contributed by atoms with Crippen molar-refractivity contribution >= 4 is 5.91 Å². The standard InChI is InChI=1S/C19H21N5O/c1-14(2)18-21-11-15(12-22-18)13-23(3)19(25)17-10-16(6-7-20-17)24-8-4-5-9-24/h4-12,14H,13H2,1-3H3. The van der Waals surface area contributed by atoms with E-state index in [0.29, 0.717) is 12.2 Å². The van der Waals surface area contributed by atoms with Crippen LogP contribution in [0.5, 0.6) is 0 Å². The number of carbonyl (C=O) groups excluding carboxylic acids is 1. The molecule has 0 radical (unpaired) electrons. The predicted molar refractivity (Wildman–Crippen MR) is 95.5 cm³/mol. The highest BCUT2D eigenvalue weighted by molar-refractivity contribution is 5.92. The molecule has 6 nitrogen and oxygen atoms in total. The van der Waals surface area contributed by atoms with Gasteiger partial charge in [0.05, 0.1) is 0 Å². The average Bonchev–Trinajstić information content (AvgIpc) is 3.16. The molecular formula is C19H21N5O. The minimum atomic E-state index is -0.137. The Morgan fingerprint density at radius 2 is 1.84 bits per heavy atom. The highest BCUT2D eigenvalue weighted by atomic mass is 16.2. The first-order chi connectivity index (χ1) is 12.0. The number of aromatic nitrogens is 4. The van der Waals surface area contributed by atoms with Crippen LogP contribution in [0, 0.1) is 0 Å². The van der Waals surface area contributed by atoms with Gasteiger partial charge in [-0.3, -0.25) is 9.78 Å². The normalized spacial score (nSPS) is 10.9. The smallest absolute Gasteiger partial charge is 0.272 e. The van der Waals surface area contributed by atoms with Crippen LogP contribution >= 0.6 is 0 Å². The molecule has 6 heteroatoms. The van der Waals surface area contributed by atoms with Gasteiger partial charge in [-0.1, -0.05) is 13.8 Å². The number of nitrogens with zero attached hydrogens (tertiary/aromatic N) is 5. The lowest BCUT2D eigenvalue weighted by atomic mass is 10.2. The molecule has 0 unspecified atom stereocenters. The van der Waals surface area contributed by atoms with E-state index >= 15 is 0 Å². The third-order valence-corrected chi connectivity index (χ3v) is 3.87. The highest BCUT2D eigenvalue weighted by Gasteiger charge is 2.15. The summed E-state index contributed by atoms with van der Waals surface area (Å²) in [6.07, 6.45) is 9.06. The number of carbonyl (C=O) groups is 1. The molecule has 0 spiro atoms. The monoisotopic (exact) mass is 335 g/mol. The average molecular weight is 335 g/mol. The van der Waals surface area contributed by atoms with Gasteiger partial charge in [0.1, 0.15) is 11.5 Å². The van der Waals surface area contributed by atoms with Crippen molar-refractivity contribution < 1.29 is 4.79 Å². The van der Waals surface area contributed by atoms with E-state index < -0.39 is 0 Å². The molecule has 0 N–H and O–H groups in total. The van der Waals surface area contributed by atoms with Gasteiger partial charge in [0.25, 0.3) is 5.91 Å². The van der Waals surface area contributed by atoms with Gasteiger partial charge in [0, 0.05) is 61.7 Å². The van der Waals surface area contributed by atoms with Crippen molar-refractivity contribution in [3.05, 3.63) is 72.3 Å². The van der Waals surface area contributed by atoms with Gasteiger partial charge in [-0.05, 0) is 24.3 Å². The number of rotatable bonds is 5. The van der Waals surface area contributed by atoms with E-state index in [1.54, 1.807) is 36.6 Å². The molecule has 3 aromatic rings.